The Morgan fingerprint density at radius 1 is 0.926 bits per heavy atom. The first-order valence-electron chi connectivity index (χ1n) is 9.01. The molecule has 7 heteroatoms. The molecular weight excluding hydrogens is 362 g/mol. The molecule has 1 unspecified atom stereocenters. The number of carbonyl (C=O) groups is 1. The predicted molar refractivity (Wildman–Crippen MR) is 108 cm³/mol. The molecule has 27 heavy (non-hydrogen) atoms. The summed E-state index contributed by atoms with van der Waals surface area (Å²) in [6, 6.07) is 18.1. The lowest BCUT2D eigenvalue weighted by molar-refractivity contribution is -0.132. The third-order valence-corrected chi connectivity index (χ3v) is 6.03. The topological polar surface area (TPSA) is 60.9 Å². The molecule has 1 amide bonds. The van der Waals surface area contributed by atoms with E-state index < -0.39 is 16.1 Å². The summed E-state index contributed by atoms with van der Waals surface area (Å²) in [5, 5.41) is 0. The van der Waals surface area contributed by atoms with Crippen molar-refractivity contribution in [1.82, 2.24) is 4.90 Å². The highest BCUT2D eigenvalue weighted by Gasteiger charge is 2.33. The van der Waals surface area contributed by atoms with E-state index in [1.54, 1.807) is 36.1 Å². The highest BCUT2D eigenvalue weighted by atomic mass is 32.2. The van der Waals surface area contributed by atoms with Crippen LogP contribution in [0.4, 0.5) is 11.4 Å². The molecule has 3 rings (SSSR count). The van der Waals surface area contributed by atoms with Gasteiger partial charge in [0.05, 0.1) is 11.9 Å². The molecule has 0 radical (unpaired) electrons. The van der Waals surface area contributed by atoms with Crippen LogP contribution in [-0.2, 0) is 14.8 Å². The summed E-state index contributed by atoms with van der Waals surface area (Å²) < 4.78 is 25.9. The first-order valence-corrected chi connectivity index (χ1v) is 10.9. The maximum absolute atomic E-state index is 13.0. The molecular formula is C20H25N3O3S. The highest BCUT2D eigenvalue weighted by molar-refractivity contribution is 7.92. The van der Waals surface area contributed by atoms with Crippen molar-refractivity contribution in [3.8, 4) is 0 Å². The van der Waals surface area contributed by atoms with Gasteiger partial charge in [-0.3, -0.25) is 9.10 Å². The van der Waals surface area contributed by atoms with Crippen molar-refractivity contribution >= 4 is 27.3 Å². The molecule has 0 N–H and O–H groups in total. The maximum Gasteiger partial charge on any atom is 0.246 e. The predicted octanol–water partition coefficient (Wildman–Crippen LogP) is 2.19. The summed E-state index contributed by atoms with van der Waals surface area (Å²) in [7, 11) is -3.58. The number of nitrogens with zero attached hydrogens (tertiary/aromatic N) is 3. The maximum atomic E-state index is 13.0. The molecule has 0 aliphatic carbocycles. The van der Waals surface area contributed by atoms with E-state index in [9.17, 15) is 13.2 Å². The van der Waals surface area contributed by atoms with Crippen LogP contribution < -0.4 is 9.21 Å². The van der Waals surface area contributed by atoms with E-state index >= 15 is 0 Å². The standard InChI is InChI=1S/C20H25N3O3S/c1-17(23(27(2,25)26)19-11-7-4-8-12-19)20(24)22-15-13-21(14-16-22)18-9-5-3-6-10-18/h3-12,17H,13-16H2,1-2H3. The number of carbonyl (C=O) groups excluding carboxylic acids is 1. The van der Waals surface area contributed by atoms with Crippen molar-refractivity contribution in [3.63, 3.8) is 0 Å². The number of sulfonamides is 1. The Morgan fingerprint density at radius 3 is 1.96 bits per heavy atom. The summed E-state index contributed by atoms with van der Waals surface area (Å²) in [5.41, 5.74) is 1.64. The third kappa shape index (κ3) is 4.42. The summed E-state index contributed by atoms with van der Waals surface area (Å²) >= 11 is 0. The molecule has 144 valence electrons. The summed E-state index contributed by atoms with van der Waals surface area (Å²) in [5.74, 6) is -0.169. The van der Waals surface area contributed by atoms with E-state index in [0.29, 0.717) is 18.8 Å². The number of anilines is 2. The highest BCUT2D eigenvalue weighted by Crippen LogP contribution is 2.22. The molecule has 1 aliphatic rings. The minimum absolute atomic E-state index is 0.169. The molecule has 2 aromatic rings. The number of rotatable bonds is 5. The second kappa shape index (κ2) is 8.00. The van der Waals surface area contributed by atoms with Gasteiger partial charge in [-0.25, -0.2) is 8.42 Å². The third-order valence-electron chi connectivity index (χ3n) is 4.79. The summed E-state index contributed by atoms with van der Waals surface area (Å²) in [4.78, 5) is 17.0. The normalized spacial score (nSPS) is 16.1. The van der Waals surface area contributed by atoms with Crippen LogP contribution in [-0.4, -0.2) is 57.7 Å². The molecule has 1 aliphatic heterocycles. The quantitative estimate of drug-likeness (QED) is 0.789. The molecule has 1 saturated heterocycles. The Kier molecular flexibility index (Phi) is 5.70. The fourth-order valence-corrected chi connectivity index (χ4v) is 4.63. The van der Waals surface area contributed by atoms with E-state index in [1.165, 1.54) is 4.31 Å². The smallest absolute Gasteiger partial charge is 0.246 e. The lowest BCUT2D eigenvalue weighted by atomic mass is 10.2. The molecule has 1 fully saturated rings. The number of benzene rings is 2. The summed E-state index contributed by atoms with van der Waals surface area (Å²) in [6.45, 7) is 4.26. The molecule has 0 aromatic heterocycles. The first kappa shape index (κ1) is 19.2. The zero-order valence-corrected chi connectivity index (χ0v) is 16.5. The van der Waals surface area contributed by atoms with Crippen molar-refractivity contribution in [2.45, 2.75) is 13.0 Å². The summed E-state index contributed by atoms with van der Waals surface area (Å²) in [6.07, 6.45) is 1.14. The number of hydrogen-bond donors (Lipinski definition) is 0. The van der Waals surface area contributed by atoms with Gasteiger partial charge in [0.1, 0.15) is 6.04 Å². The second-order valence-corrected chi connectivity index (χ2v) is 8.58. The Balaban J connectivity index is 1.71. The van der Waals surface area contributed by atoms with Crippen molar-refractivity contribution in [3.05, 3.63) is 60.7 Å². The van der Waals surface area contributed by atoms with Gasteiger partial charge in [-0.2, -0.15) is 0 Å². The van der Waals surface area contributed by atoms with Crippen LogP contribution in [0.5, 0.6) is 0 Å². The lowest BCUT2D eigenvalue weighted by Gasteiger charge is -2.39. The van der Waals surface area contributed by atoms with Crippen LogP contribution in [0.2, 0.25) is 0 Å². The van der Waals surface area contributed by atoms with Gasteiger partial charge in [0.2, 0.25) is 15.9 Å². The van der Waals surface area contributed by atoms with Crippen LogP contribution in [0.25, 0.3) is 0 Å². The van der Waals surface area contributed by atoms with Gasteiger partial charge in [0.15, 0.2) is 0 Å². The van der Waals surface area contributed by atoms with Crippen LogP contribution in [0, 0.1) is 0 Å². The van der Waals surface area contributed by atoms with E-state index in [0.717, 1.165) is 25.0 Å². The number of amides is 1. The Hall–Kier alpha value is -2.54. The minimum atomic E-state index is -3.58. The Labute approximate surface area is 161 Å². The fraction of sp³-hybridized carbons (Fsp3) is 0.350. The molecule has 0 saturated carbocycles. The lowest BCUT2D eigenvalue weighted by Crippen LogP contribution is -2.55. The van der Waals surface area contributed by atoms with Gasteiger partial charge in [0, 0.05) is 31.9 Å². The van der Waals surface area contributed by atoms with E-state index in [1.807, 2.05) is 24.3 Å². The SMILES string of the molecule is CC(C(=O)N1CCN(c2ccccc2)CC1)N(c1ccccc1)S(C)(=O)=O. The van der Waals surface area contributed by atoms with Crippen LogP contribution >= 0.6 is 0 Å². The van der Waals surface area contributed by atoms with Gasteiger partial charge >= 0.3 is 0 Å². The molecule has 1 atom stereocenters. The monoisotopic (exact) mass is 387 g/mol. The van der Waals surface area contributed by atoms with Gasteiger partial charge in [0.25, 0.3) is 0 Å². The van der Waals surface area contributed by atoms with Gasteiger partial charge in [-0.05, 0) is 31.2 Å². The average Bonchev–Trinajstić information content (AvgIpc) is 2.68. The number of hydrogen-bond acceptors (Lipinski definition) is 4. The zero-order valence-electron chi connectivity index (χ0n) is 15.7. The van der Waals surface area contributed by atoms with Crippen molar-refractivity contribution in [2.24, 2.45) is 0 Å². The fourth-order valence-electron chi connectivity index (χ4n) is 3.47. The van der Waals surface area contributed by atoms with E-state index in [-0.39, 0.29) is 5.91 Å². The van der Waals surface area contributed by atoms with Crippen LogP contribution in [0.1, 0.15) is 6.92 Å². The first-order chi connectivity index (χ1) is 12.9. The van der Waals surface area contributed by atoms with Gasteiger partial charge in [-0.1, -0.05) is 36.4 Å². The average molecular weight is 388 g/mol. The number of piperazine rings is 1. The van der Waals surface area contributed by atoms with E-state index in [2.05, 4.69) is 17.0 Å². The molecule has 1 heterocycles. The Morgan fingerprint density at radius 2 is 1.44 bits per heavy atom. The largest absolute Gasteiger partial charge is 0.368 e. The van der Waals surface area contributed by atoms with Crippen molar-refractivity contribution < 1.29 is 13.2 Å². The molecule has 0 bridgehead atoms. The minimum Gasteiger partial charge on any atom is -0.368 e. The molecule has 6 nitrogen and oxygen atoms in total. The van der Waals surface area contributed by atoms with Crippen LogP contribution in [0.3, 0.4) is 0 Å². The van der Waals surface area contributed by atoms with Crippen LogP contribution in [0.15, 0.2) is 60.7 Å². The molecule has 2 aromatic carbocycles. The van der Waals surface area contributed by atoms with Crippen molar-refractivity contribution in [2.75, 3.05) is 41.6 Å². The molecule has 0 spiro atoms. The Bertz CT molecular complexity index is 864. The second-order valence-electron chi connectivity index (χ2n) is 6.72. The zero-order chi connectivity index (χ0) is 19.4. The number of para-hydroxylation sites is 2. The van der Waals surface area contributed by atoms with Crippen molar-refractivity contribution in [1.29, 1.82) is 0 Å². The van der Waals surface area contributed by atoms with Gasteiger partial charge < -0.3 is 9.80 Å². The van der Waals surface area contributed by atoms with E-state index in [4.69, 9.17) is 0 Å². The van der Waals surface area contributed by atoms with Gasteiger partial charge in [-0.15, -0.1) is 0 Å².